The molecule has 0 fully saturated rings. The molecule has 0 bridgehead atoms. The van der Waals surface area contributed by atoms with Gasteiger partial charge in [0.15, 0.2) is 5.78 Å². The van der Waals surface area contributed by atoms with E-state index in [1.54, 1.807) is 30.3 Å². The van der Waals surface area contributed by atoms with Crippen molar-refractivity contribution in [1.82, 2.24) is 0 Å². The molecule has 0 aliphatic carbocycles. The van der Waals surface area contributed by atoms with Gasteiger partial charge in [-0.3, -0.25) is 4.79 Å². The summed E-state index contributed by atoms with van der Waals surface area (Å²) in [6.45, 7) is 2.47. The van der Waals surface area contributed by atoms with Gasteiger partial charge in [-0.25, -0.2) is 0 Å². The second kappa shape index (κ2) is 7.05. The predicted octanol–water partition coefficient (Wildman–Crippen LogP) is 4.34. The normalized spacial score (nSPS) is 11.5. The van der Waals surface area contributed by atoms with Crippen LogP contribution in [0.5, 0.6) is 5.75 Å². The Morgan fingerprint density at radius 3 is 2.48 bits per heavy atom. The first-order valence-corrected chi connectivity index (χ1v) is 7.37. The highest BCUT2D eigenvalue weighted by Crippen LogP contribution is 2.28. The van der Waals surface area contributed by atoms with Gasteiger partial charge in [-0.05, 0) is 42.8 Å². The van der Waals surface area contributed by atoms with E-state index >= 15 is 0 Å². The minimum absolute atomic E-state index is 0.215. The van der Waals surface area contributed by atoms with Crippen LogP contribution in [0.2, 0.25) is 0 Å². The van der Waals surface area contributed by atoms with Crippen molar-refractivity contribution in [2.24, 2.45) is 0 Å². The molecule has 0 aliphatic rings. The molecular weight excluding hydrogens is 330 g/mol. The number of nitrogens with zero attached hydrogens (tertiary/aromatic N) is 1. The Bertz CT molecular complexity index is 674. The van der Waals surface area contributed by atoms with E-state index in [2.05, 4.69) is 22.0 Å². The minimum Gasteiger partial charge on any atom is -0.494 e. The fraction of sp³-hybridized carbons (Fsp3) is 0.176. The summed E-state index contributed by atoms with van der Waals surface area (Å²) in [6, 6.07) is 16.2. The molecule has 0 aromatic heterocycles. The molecule has 0 aliphatic heterocycles. The van der Waals surface area contributed by atoms with Crippen molar-refractivity contribution in [3.8, 4) is 11.8 Å². The van der Waals surface area contributed by atoms with Crippen molar-refractivity contribution >= 4 is 21.7 Å². The van der Waals surface area contributed by atoms with Gasteiger partial charge in [0.05, 0.1) is 12.7 Å². The first-order chi connectivity index (χ1) is 10.2. The zero-order valence-electron chi connectivity index (χ0n) is 11.5. The number of halogens is 1. The van der Waals surface area contributed by atoms with Crippen LogP contribution in [0.1, 0.15) is 28.8 Å². The summed E-state index contributed by atoms with van der Waals surface area (Å²) < 4.78 is 6.11. The van der Waals surface area contributed by atoms with E-state index < -0.39 is 5.92 Å². The van der Waals surface area contributed by atoms with E-state index in [1.165, 1.54) is 0 Å². The highest BCUT2D eigenvalue weighted by molar-refractivity contribution is 9.10. The highest BCUT2D eigenvalue weighted by atomic mass is 79.9. The number of ketones is 1. The lowest BCUT2D eigenvalue weighted by atomic mass is 9.92. The van der Waals surface area contributed by atoms with Crippen LogP contribution in [0.15, 0.2) is 53.0 Å². The SMILES string of the molecule is CCOc1ccc(C(=O)C(C#N)c2ccccc2Br)cc1. The highest BCUT2D eigenvalue weighted by Gasteiger charge is 2.23. The van der Waals surface area contributed by atoms with Crippen LogP contribution in [-0.4, -0.2) is 12.4 Å². The molecule has 1 unspecified atom stereocenters. The van der Waals surface area contributed by atoms with E-state index in [9.17, 15) is 10.1 Å². The number of hydrogen-bond donors (Lipinski definition) is 0. The second-order valence-electron chi connectivity index (χ2n) is 4.41. The topological polar surface area (TPSA) is 50.1 Å². The maximum atomic E-state index is 12.5. The van der Waals surface area contributed by atoms with E-state index in [0.29, 0.717) is 23.5 Å². The summed E-state index contributed by atoms with van der Waals surface area (Å²) >= 11 is 3.39. The Morgan fingerprint density at radius 1 is 1.24 bits per heavy atom. The standard InChI is InChI=1S/C17H14BrNO2/c1-2-21-13-9-7-12(8-10-13)17(20)15(11-19)14-5-3-4-6-16(14)18/h3-10,15H,2H2,1H3. The maximum Gasteiger partial charge on any atom is 0.184 e. The summed E-state index contributed by atoms with van der Waals surface area (Å²) in [5.41, 5.74) is 1.18. The Balaban J connectivity index is 2.29. The summed E-state index contributed by atoms with van der Waals surface area (Å²) in [5.74, 6) is -0.325. The average Bonchev–Trinajstić information content (AvgIpc) is 2.51. The van der Waals surface area contributed by atoms with Gasteiger partial charge >= 0.3 is 0 Å². The molecule has 0 spiro atoms. The monoisotopic (exact) mass is 343 g/mol. The van der Waals surface area contributed by atoms with Gasteiger partial charge in [-0.15, -0.1) is 0 Å². The Labute approximate surface area is 132 Å². The molecule has 0 N–H and O–H groups in total. The third-order valence-corrected chi connectivity index (χ3v) is 3.78. The molecule has 0 saturated heterocycles. The van der Waals surface area contributed by atoms with E-state index in [0.717, 1.165) is 4.47 Å². The van der Waals surface area contributed by atoms with Gasteiger partial charge in [0, 0.05) is 10.0 Å². The molecule has 1 atom stereocenters. The summed E-state index contributed by atoms with van der Waals surface area (Å²) in [6.07, 6.45) is 0. The average molecular weight is 344 g/mol. The lowest BCUT2D eigenvalue weighted by Crippen LogP contribution is -2.11. The molecule has 0 saturated carbocycles. The third-order valence-electron chi connectivity index (χ3n) is 3.06. The second-order valence-corrected chi connectivity index (χ2v) is 5.26. The predicted molar refractivity (Wildman–Crippen MR) is 84.4 cm³/mol. The minimum atomic E-state index is -0.821. The van der Waals surface area contributed by atoms with Crippen LogP contribution < -0.4 is 4.74 Å². The van der Waals surface area contributed by atoms with Crippen molar-refractivity contribution < 1.29 is 9.53 Å². The molecule has 3 nitrogen and oxygen atoms in total. The first-order valence-electron chi connectivity index (χ1n) is 6.58. The van der Waals surface area contributed by atoms with Crippen LogP contribution in [-0.2, 0) is 0 Å². The van der Waals surface area contributed by atoms with Gasteiger partial charge in [-0.1, -0.05) is 34.1 Å². The van der Waals surface area contributed by atoms with Crippen molar-refractivity contribution in [1.29, 1.82) is 5.26 Å². The van der Waals surface area contributed by atoms with E-state index in [4.69, 9.17) is 4.74 Å². The molecule has 2 aromatic rings. The molecule has 0 radical (unpaired) electrons. The third kappa shape index (κ3) is 3.50. The molecule has 21 heavy (non-hydrogen) atoms. The molecule has 0 amide bonds. The lowest BCUT2D eigenvalue weighted by Gasteiger charge is -2.11. The fourth-order valence-corrected chi connectivity index (χ4v) is 2.54. The number of carbonyl (C=O) groups is 1. The molecule has 2 aromatic carbocycles. The zero-order valence-corrected chi connectivity index (χ0v) is 13.1. The molecule has 0 heterocycles. The van der Waals surface area contributed by atoms with Gasteiger partial charge < -0.3 is 4.74 Å². The van der Waals surface area contributed by atoms with Gasteiger partial charge in [0.2, 0.25) is 0 Å². The van der Waals surface area contributed by atoms with Crippen LogP contribution in [0.4, 0.5) is 0 Å². The summed E-state index contributed by atoms with van der Waals surface area (Å²) in [4.78, 5) is 12.5. The van der Waals surface area contributed by atoms with Crippen LogP contribution in [0.3, 0.4) is 0 Å². The number of benzene rings is 2. The van der Waals surface area contributed by atoms with Gasteiger partial charge in [0.25, 0.3) is 0 Å². The number of ether oxygens (including phenoxy) is 1. The van der Waals surface area contributed by atoms with Crippen molar-refractivity contribution in [2.75, 3.05) is 6.61 Å². The Morgan fingerprint density at radius 2 is 1.90 bits per heavy atom. The molecular formula is C17H14BrNO2. The van der Waals surface area contributed by atoms with Gasteiger partial charge in [-0.2, -0.15) is 5.26 Å². The number of carbonyl (C=O) groups excluding carboxylic acids is 1. The van der Waals surface area contributed by atoms with Crippen LogP contribution in [0.25, 0.3) is 0 Å². The zero-order chi connectivity index (χ0) is 15.2. The van der Waals surface area contributed by atoms with Crippen molar-refractivity contribution in [3.63, 3.8) is 0 Å². The van der Waals surface area contributed by atoms with Gasteiger partial charge in [0.1, 0.15) is 11.7 Å². The Hall–Kier alpha value is -2.12. The molecule has 106 valence electrons. The largest absolute Gasteiger partial charge is 0.494 e. The number of nitriles is 1. The first kappa shape index (κ1) is 15.3. The molecule has 2 rings (SSSR count). The number of hydrogen-bond acceptors (Lipinski definition) is 3. The fourth-order valence-electron chi connectivity index (χ4n) is 2.03. The maximum absolute atomic E-state index is 12.5. The molecule has 4 heteroatoms. The van der Waals surface area contributed by atoms with E-state index in [1.807, 2.05) is 25.1 Å². The quantitative estimate of drug-likeness (QED) is 0.758. The smallest absolute Gasteiger partial charge is 0.184 e. The number of Topliss-reactive ketones (excluding diaryl/α,β-unsaturated/α-hetero) is 1. The van der Waals surface area contributed by atoms with E-state index in [-0.39, 0.29) is 5.78 Å². The van der Waals surface area contributed by atoms with Crippen molar-refractivity contribution in [3.05, 3.63) is 64.1 Å². The van der Waals surface area contributed by atoms with Crippen LogP contribution in [0, 0.1) is 11.3 Å². The lowest BCUT2D eigenvalue weighted by molar-refractivity contribution is 0.0978. The summed E-state index contributed by atoms with van der Waals surface area (Å²) in [5, 5.41) is 9.36. The summed E-state index contributed by atoms with van der Waals surface area (Å²) in [7, 11) is 0. The number of rotatable bonds is 5. The Kier molecular flexibility index (Phi) is 5.13. The van der Waals surface area contributed by atoms with Crippen molar-refractivity contribution in [2.45, 2.75) is 12.8 Å². The van der Waals surface area contributed by atoms with Crippen LogP contribution >= 0.6 is 15.9 Å².